The molecule has 5 rings (SSSR count). The number of methoxy groups -OCH3 is 1. The van der Waals surface area contributed by atoms with E-state index in [0.29, 0.717) is 65.9 Å². The zero-order valence-electron chi connectivity index (χ0n) is 25.2. The number of aryl methyl sites for hydroxylation is 1. The predicted molar refractivity (Wildman–Crippen MR) is 166 cm³/mol. The number of carbonyl (C=O) groups excluding carboxylic acids is 2. The molecule has 0 radical (unpaired) electrons. The topological polar surface area (TPSA) is 136 Å². The number of aliphatic carboxylic acids is 1. The molecule has 3 aromatic rings. The van der Waals surface area contributed by atoms with Crippen LogP contribution in [0.5, 0.6) is 23.0 Å². The Bertz CT molecular complexity index is 1590. The van der Waals surface area contributed by atoms with Crippen LogP contribution in [0.3, 0.4) is 0 Å². The monoisotopic (exact) mass is 655 g/mol. The van der Waals surface area contributed by atoms with Crippen LogP contribution in [0.1, 0.15) is 29.5 Å². The highest BCUT2D eigenvalue weighted by molar-refractivity contribution is 6.30. The van der Waals surface area contributed by atoms with Gasteiger partial charge in [0.2, 0.25) is 5.91 Å². The van der Waals surface area contributed by atoms with Crippen molar-refractivity contribution >= 4 is 29.4 Å². The Morgan fingerprint density at radius 1 is 1.07 bits per heavy atom. The maximum absolute atomic E-state index is 14.6. The SMILES string of the molecule is COc1ccc2cc1OCC(=O)N[C@@H]1CN(Cc3cc(Cl)ccc3OCC(=O)O)CC[C@H]1Oc1cc(F)cc(c1)CNC(=O)CC2. The van der Waals surface area contributed by atoms with Gasteiger partial charge in [0, 0.05) is 49.3 Å². The average molecular weight is 656 g/mol. The standard InChI is InChI=1S/C33H35ClFN3O8/c1-43-29-5-2-20-3-7-31(39)36-15-21-10-24(35)14-25(11-21)46-28-8-9-38(17-26(28)37-32(40)18-44-30(29)12-20)16-22-13-23(34)4-6-27(22)45-19-33(41)42/h2,4-6,10-14,26,28H,3,7-9,15-19H2,1H3,(H,36,39)(H,37,40)(H,41,42)/t26-,28-/m1/s1. The van der Waals surface area contributed by atoms with Gasteiger partial charge in [-0.25, -0.2) is 9.18 Å². The Labute approximate surface area is 270 Å². The Kier molecular flexibility index (Phi) is 10.8. The first-order chi connectivity index (χ1) is 22.1. The number of carboxylic acids is 1. The third kappa shape index (κ3) is 9.01. The van der Waals surface area contributed by atoms with E-state index in [4.69, 9.17) is 35.7 Å². The largest absolute Gasteiger partial charge is 0.493 e. The van der Waals surface area contributed by atoms with Crippen molar-refractivity contribution in [2.75, 3.05) is 33.4 Å². The fourth-order valence-corrected chi connectivity index (χ4v) is 5.70. The predicted octanol–water partition coefficient (Wildman–Crippen LogP) is 3.73. The summed E-state index contributed by atoms with van der Waals surface area (Å²) in [6.45, 7) is 0.553. The molecule has 46 heavy (non-hydrogen) atoms. The van der Waals surface area contributed by atoms with Crippen LogP contribution in [-0.2, 0) is 33.9 Å². The van der Waals surface area contributed by atoms with Crippen molar-refractivity contribution < 1.29 is 42.8 Å². The first kappa shape index (κ1) is 32.8. The summed E-state index contributed by atoms with van der Waals surface area (Å²) in [4.78, 5) is 39.0. The van der Waals surface area contributed by atoms with Gasteiger partial charge >= 0.3 is 5.97 Å². The number of carbonyl (C=O) groups is 3. The smallest absolute Gasteiger partial charge is 0.341 e. The van der Waals surface area contributed by atoms with Gasteiger partial charge < -0.3 is 34.7 Å². The highest BCUT2D eigenvalue weighted by Crippen LogP contribution is 2.30. The molecule has 2 heterocycles. The maximum Gasteiger partial charge on any atom is 0.341 e. The van der Waals surface area contributed by atoms with Crippen LogP contribution in [0.15, 0.2) is 54.6 Å². The maximum atomic E-state index is 14.6. The molecule has 3 aromatic carbocycles. The van der Waals surface area contributed by atoms with Gasteiger partial charge in [0.15, 0.2) is 24.7 Å². The number of amides is 2. The molecule has 0 spiro atoms. The number of ether oxygens (including phenoxy) is 4. The molecule has 1 fully saturated rings. The minimum atomic E-state index is -1.10. The van der Waals surface area contributed by atoms with Crippen molar-refractivity contribution in [3.8, 4) is 23.0 Å². The lowest BCUT2D eigenvalue weighted by Crippen LogP contribution is -2.57. The zero-order valence-corrected chi connectivity index (χ0v) is 26.0. The first-order valence-corrected chi connectivity index (χ1v) is 15.2. The van der Waals surface area contributed by atoms with Crippen molar-refractivity contribution in [2.24, 2.45) is 0 Å². The van der Waals surface area contributed by atoms with E-state index in [-0.39, 0.29) is 31.2 Å². The highest BCUT2D eigenvalue weighted by atomic mass is 35.5. The van der Waals surface area contributed by atoms with Gasteiger partial charge in [-0.05, 0) is 66.4 Å². The minimum Gasteiger partial charge on any atom is -0.493 e. The molecule has 2 aliphatic rings. The molecule has 13 heteroatoms. The number of rotatable bonds is 6. The molecule has 4 bridgehead atoms. The van der Waals surface area contributed by atoms with Gasteiger partial charge in [0.1, 0.15) is 23.4 Å². The van der Waals surface area contributed by atoms with Gasteiger partial charge in [-0.3, -0.25) is 14.5 Å². The molecule has 3 N–H and O–H groups in total. The second kappa shape index (κ2) is 15.2. The van der Waals surface area contributed by atoms with E-state index in [9.17, 15) is 18.8 Å². The number of nitrogens with zero attached hydrogens (tertiary/aromatic N) is 1. The Morgan fingerprint density at radius 3 is 2.70 bits per heavy atom. The van der Waals surface area contributed by atoms with Crippen LogP contribution >= 0.6 is 11.6 Å². The summed E-state index contributed by atoms with van der Waals surface area (Å²) in [6.07, 6.45) is 0.567. The number of nitrogens with one attached hydrogen (secondary N) is 2. The number of halogens is 2. The van der Waals surface area contributed by atoms with Crippen LogP contribution in [0.25, 0.3) is 0 Å². The van der Waals surface area contributed by atoms with Gasteiger partial charge in [-0.15, -0.1) is 0 Å². The molecule has 0 aliphatic carbocycles. The van der Waals surface area contributed by atoms with E-state index < -0.39 is 36.4 Å². The summed E-state index contributed by atoms with van der Waals surface area (Å²) in [7, 11) is 1.50. The van der Waals surface area contributed by atoms with Crippen molar-refractivity contribution in [3.05, 3.63) is 82.1 Å². The number of piperidine rings is 1. The van der Waals surface area contributed by atoms with Gasteiger partial charge in [0.25, 0.3) is 5.91 Å². The number of fused-ring (bicyclic) bond motifs is 5. The Balaban J connectivity index is 1.39. The lowest BCUT2D eigenvalue weighted by atomic mass is 10.0. The van der Waals surface area contributed by atoms with Gasteiger partial charge in [-0.1, -0.05) is 17.7 Å². The quantitative estimate of drug-likeness (QED) is 0.363. The number of likely N-dealkylation sites (tertiary alicyclic amines) is 1. The summed E-state index contributed by atoms with van der Waals surface area (Å²) in [6, 6.07) is 14.0. The molecule has 0 aromatic heterocycles. The molecule has 11 nitrogen and oxygen atoms in total. The second-order valence-corrected chi connectivity index (χ2v) is 11.6. The van der Waals surface area contributed by atoms with Crippen molar-refractivity contribution in [2.45, 2.75) is 44.5 Å². The molecule has 0 saturated carbocycles. The second-order valence-electron chi connectivity index (χ2n) is 11.1. The summed E-state index contributed by atoms with van der Waals surface area (Å²) in [5.41, 5.74) is 2.05. The van der Waals surface area contributed by atoms with Crippen LogP contribution in [-0.4, -0.2) is 73.3 Å². The number of carboxylic acid groups (broad SMARTS) is 1. The molecule has 244 valence electrons. The van der Waals surface area contributed by atoms with Crippen LogP contribution in [0.2, 0.25) is 5.02 Å². The average Bonchev–Trinajstić information content (AvgIpc) is 3.02. The molecule has 2 amide bonds. The van der Waals surface area contributed by atoms with E-state index in [1.54, 1.807) is 36.4 Å². The van der Waals surface area contributed by atoms with Crippen LogP contribution < -0.4 is 29.6 Å². The fourth-order valence-electron chi connectivity index (χ4n) is 5.51. The molecule has 2 aliphatic heterocycles. The molecule has 0 unspecified atom stereocenters. The third-order valence-electron chi connectivity index (χ3n) is 7.68. The Hall–Kier alpha value is -4.55. The van der Waals surface area contributed by atoms with Crippen LogP contribution in [0.4, 0.5) is 4.39 Å². The number of hydrogen-bond donors (Lipinski definition) is 3. The minimum absolute atomic E-state index is 0.119. The van der Waals surface area contributed by atoms with Crippen LogP contribution in [0, 0.1) is 5.82 Å². The van der Waals surface area contributed by atoms with E-state index in [1.165, 1.54) is 19.2 Å². The normalized spacial score (nSPS) is 19.2. The van der Waals surface area contributed by atoms with E-state index >= 15 is 0 Å². The molecular weight excluding hydrogens is 621 g/mol. The van der Waals surface area contributed by atoms with Gasteiger partial charge in [-0.2, -0.15) is 0 Å². The summed E-state index contributed by atoms with van der Waals surface area (Å²) < 4.78 is 37.7. The summed E-state index contributed by atoms with van der Waals surface area (Å²) in [5.74, 6) is -0.730. The fraction of sp³-hybridized carbons (Fsp3) is 0.364. The van der Waals surface area contributed by atoms with E-state index in [2.05, 4.69) is 15.5 Å². The third-order valence-corrected chi connectivity index (χ3v) is 7.92. The number of hydrogen-bond acceptors (Lipinski definition) is 8. The van der Waals surface area contributed by atoms with Crippen molar-refractivity contribution in [3.63, 3.8) is 0 Å². The highest BCUT2D eigenvalue weighted by Gasteiger charge is 2.33. The lowest BCUT2D eigenvalue weighted by Gasteiger charge is -2.39. The summed E-state index contributed by atoms with van der Waals surface area (Å²) in [5, 5.41) is 15.4. The number of benzene rings is 3. The first-order valence-electron chi connectivity index (χ1n) is 14.8. The lowest BCUT2D eigenvalue weighted by molar-refractivity contribution is -0.139. The van der Waals surface area contributed by atoms with E-state index in [1.807, 2.05) is 6.07 Å². The van der Waals surface area contributed by atoms with E-state index in [0.717, 1.165) is 5.56 Å². The van der Waals surface area contributed by atoms with Crippen molar-refractivity contribution in [1.82, 2.24) is 15.5 Å². The molecule has 1 saturated heterocycles. The Morgan fingerprint density at radius 2 is 1.89 bits per heavy atom. The molecular formula is C33H35ClFN3O8. The summed E-state index contributed by atoms with van der Waals surface area (Å²) >= 11 is 6.25. The molecule has 2 atom stereocenters. The van der Waals surface area contributed by atoms with Gasteiger partial charge in [0.05, 0.1) is 13.2 Å². The zero-order chi connectivity index (χ0) is 32.6. The van der Waals surface area contributed by atoms with Crippen molar-refractivity contribution in [1.29, 1.82) is 0 Å².